The highest BCUT2D eigenvalue weighted by molar-refractivity contribution is 7.26. The molecule has 0 aliphatic rings. The molecule has 4 rings (SSSR count). The van der Waals surface area contributed by atoms with Gasteiger partial charge in [-0.15, -0.1) is 11.3 Å². The predicted molar refractivity (Wildman–Crippen MR) is 85.4 cm³/mol. The van der Waals surface area contributed by atoms with Crippen LogP contribution in [0.5, 0.6) is 5.75 Å². The molecule has 0 saturated heterocycles. The first-order chi connectivity index (χ1) is 9.88. The third kappa shape index (κ3) is 1.62. The minimum Gasteiger partial charge on any atom is -0.537 e. The van der Waals surface area contributed by atoms with Crippen LogP contribution in [0, 0.1) is 0 Å². The SMILES string of the molecule is O[B]Oc1cc2c3ccccc3sc2c2ccccc12. The summed E-state index contributed by atoms with van der Waals surface area (Å²) >= 11 is 1.79. The molecule has 1 N–H and O–H groups in total. The van der Waals surface area contributed by atoms with E-state index in [9.17, 15) is 0 Å². The van der Waals surface area contributed by atoms with Crippen molar-refractivity contribution in [1.82, 2.24) is 0 Å². The lowest BCUT2D eigenvalue weighted by Gasteiger charge is -2.08. The van der Waals surface area contributed by atoms with Gasteiger partial charge in [0.05, 0.1) is 0 Å². The van der Waals surface area contributed by atoms with E-state index < -0.39 is 0 Å². The Morgan fingerprint density at radius 1 is 0.850 bits per heavy atom. The van der Waals surface area contributed by atoms with E-state index in [0.29, 0.717) is 5.75 Å². The van der Waals surface area contributed by atoms with Crippen LogP contribution in [0.15, 0.2) is 54.6 Å². The molecule has 1 heterocycles. The molecule has 0 spiro atoms. The Morgan fingerprint density at radius 3 is 2.35 bits per heavy atom. The monoisotopic (exact) mass is 277 g/mol. The van der Waals surface area contributed by atoms with Crippen LogP contribution in [0.1, 0.15) is 0 Å². The highest BCUT2D eigenvalue weighted by Gasteiger charge is 2.12. The van der Waals surface area contributed by atoms with Gasteiger partial charge in [-0.2, -0.15) is 0 Å². The first-order valence-corrected chi connectivity index (χ1v) is 7.15. The summed E-state index contributed by atoms with van der Waals surface area (Å²) < 4.78 is 7.80. The van der Waals surface area contributed by atoms with Gasteiger partial charge in [0.1, 0.15) is 5.75 Å². The van der Waals surface area contributed by atoms with Crippen LogP contribution in [-0.2, 0) is 0 Å². The Morgan fingerprint density at radius 2 is 1.55 bits per heavy atom. The van der Waals surface area contributed by atoms with Gasteiger partial charge in [0, 0.05) is 30.9 Å². The van der Waals surface area contributed by atoms with Gasteiger partial charge in [0.2, 0.25) is 0 Å². The van der Waals surface area contributed by atoms with Crippen molar-refractivity contribution in [2.24, 2.45) is 0 Å². The molecule has 4 heteroatoms. The number of rotatable bonds is 2. The fraction of sp³-hybridized carbons (Fsp3) is 0. The minimum absolute atomic E-state index is 0.680. The standard InChI is InChI=1S/C16H10BO2S/c18-17-19-14-9-13-11-6-3-4-8-15(11)20-16(13)12-7-2-1-5-10(12)14/h1-9,18H. The molecule has 0 fully saturated rings. The molecule has 0 saturated carbocycles. The van der Waals surface area contributed by atoms with E-state index in [4.69, 9.17) is 9.68 Å². The van der Waals surface area contributed by atoms with Gasteiger partial charge in [-0.3, -0.25) is 0 Å². The van der Waals surface area contributed by atoms with Gasteiger partial charge in [-0.1, -0.05) is 42.5 Å². The summed E-state index contributed by atoms with van der Waals surface area (Å²) in [6.07, 6.45) is 0. The van der Waals surface area contributed by atoms with Crippen LogP contribution >= 0.6 is 11.3 Å². The van der Waals surface area contributed by atoms with Crippen molar-refractivity contribution >= 4 is 50.0 Å². The summed E-state index contributed by atoms with van der Waals surface area (Å²) in [5, 5.41) is 13.5. The zero-order chi connectivity index (χ0) is 13.5. The topological polar surface area (TPSA) is 29.5 Å². The normalized spacial score (nSPS) is 11.2. The Hall–Kier alpha value is -2.04. The van der Waals surface area contributed by atoms with E-state index in [2.05, 4.69) is 24.3 Å². The lowest BCUT2D eigenvalue weighted by molar-refractivity contribution is 0.457. The first kappa shape index (κ1) is 11.8. The van der Waals surface area contributed by atoms with E-state index in [1.165, 1.54) is 20.2 Å². The Balaban J connectivity index is 2.23. The smallest absolute Gasteiger partial charge is 0.537 e. The fourth-order valence-corrected chi connectivity index (χ4v) is 3.89. The van der Waals surface area contributed by atoms with Crippen molar-refractivity contribution in [2.45, 2.75) is 0 Å². The van der Waals surface area contributed by atoms with Crippen molar-refractivity contribution < 1.29 is 9.68 Å². The van der Waals surface area contributed by atoms with Gasteiger partial charge in [-0.05, 0) is 12.1 Å². The molecular weight excluding hydrogens is 267 g/mol. The molecule has 0 aliphatic heterocycles. The van der Waals surface area contributed by atoms with Crippen molar-refractivity contribution in [3.8, 4) is 5.75 Å². The maximum absolute atomic E-state index is 8.97. The molecule has 1 aromatic heterocycles. The quantitative estimate of drug-likeness (QED) is 0.559. The van der Waals surface area contributed by atoms with E-state index in [1.807, 2.05) is 30.3 Å². The lowest BCUT2D eigenvalue weighted by atomic mass is 10.0. The molecule has 2 nitrogen and oxygen atoms in total. The number of fused-ring (bicyclic) bond motifs is 5. The van der Waals surface area contributed by atoms with Gasteiger partial charge >= 0.3 is 7.69 Å². The van der Waals surface area contributed by atoms with Crippen LogP contribution < -0.4 is 4.65 Å². The minimum atomic E-state index is 0.680. The van der Waals surface area contributed by atoms with Crippen LogP contribution in [0.3, 0.4) is 0 Å². The van der Waals surface area contributed by atoms with E-state index in [-0.39, 0.29) is 0 Å². The number of hydrogen-bond donors (Lipinski definition) is 1. The summed E-state index contributed by atoms with van der Waals surface area (Å²) in [5.74, 6) is 0.680. The van der Waals surface area contributed by atoms with Crippen molar-refractivity contribution in [3.05, 3.63) is 54.6 Å². The second kappa shape index (κ2) is 4.51. The van der Waals surface area contributed by atoms with Gasteiger partial charge in [0.25, 0.3) is 0 Å². The van der Waals surface area contributed by atoms with Gasteiger partial charge < -0.3 is 9.68 Å². The highest BCUT2D eigenvalue weighted by Crippen LogP contribution is 2.41. The van der Waals surface area contributed by atoms with Crippen LogP contribution in [0.2, 0.25) is 0 Å². The number of benzene rings is 3. The van der Waals surface area contributed by atoms with Crippen molar-refractivity contribution in [3.63, 3.8) is 0 Å². The Labute approximate surface area is 120 Å². The molecular formula is C16H10BO2S. The van der Waals surface area contributed by atoms with Crippen LogP contribution in [0.4, 0.5) is 0 Å². The molecule has 3 aromatic carbocycles. The highest BCUT2D eigenvalue weighted by atomic mass is 32.1. The zero-order valence-electron chi connectivity index (χ0n) is 10.5. The predicted octanol–water partition coefficient (Wildman–Crippen LogP) is 4.11. The second-order valence-electron chi connectivity index (χ2n) is 4.62. The molecule has 0 unspecified atom stereocenters. The average molecular weight is 277 g/mol. The molecule has 95 valence electrons. The Kier molecular flexibility index (Phi) is 2.65. The van der Waals surface area contributed by atoms with Crippen LogP contribution in [-0.4, -0.2) is 12.7 Å². The summed E-state index contributed by atoms with van der Waals surface area (Å²) in [6, 6.07) is 18.5. The molecule has 20 heavy (non-hydrogen) atoms. The largest absolute Gasteiger partial charge is 0.569 e. The average Bonchev–Trinajstić information content (AvgIpc) is 2.87. The lowest BCUT2D eigenvalue weighted by Crippen LogP contribution is -2.00. The first-order valence-electron chi connectivity index (χ1n) is 6.34. The summed E-state index contributed by atoms with van der Waals surface area (Å²) in [5.41, 5.74) is 0. The summed E-state index contributed by atoms with van der Waals surface area (Å²) in [6.45, 7) is 0. The summed E-state index contributed by atoms with van der Waals surface area (Å²) in [7, 11) is 0.738. The second-order valence-corrected chi connectivity index (χ2v) is 5.67. The van der Waals surface area contributed by atoms with Crippen molar-refractivity contribution in [1.29, 1.82) is 0 Å². The zero-order valence-corrected chi connectivity index (χ0v) is 11.4. The molecule has 0 bridgehead atoms. The van der Waals surface area contributed by atoms with Crippen molar-refractivity contribution in [2.75, 3.05) is 0 Å². The third-order valence-corrected chi connectivity index (χ3v) is 4.75. The van der Waals surface area contributed by atoms with E-state index in [1.54, 1.807) is 11.3 Å². The van der Waals surface area contributed by atoms with Gasteiger partial charge in [-0.25, -0.2) is 0 Å². The summed E-state index contributed by atoms with van der Waals surface area (Å²) in [4.78, 5) is 0. The van der Waals surface area contributed by atoms with E-state index >= 15 is 0 Å². The number of hydrogen-bond acceptors (Lipinski definition) is 3. The number of thiophene rings is 1. The molecule has 1 radical (unpaired) electrons. The molecule has 4 aromatic rings. The fourth-order valence-electron chi connectivity index (χ4n) is 2.67. The molecule has 0 atom stereocenters. The Bertz CT molecular complexity index is 930. The maximum atomic E-state index is 8.97. The van der Waals surface area contributed by atoms with E-state index in [0.717, 1.165) is 18.5 Å². The molecule has 0 aliphatic carbocycles. The third-order valence-electron chi connectivity index (χ3n) is 3.53. The maximum Gasteiger partial charge on any atom is 0.569 e. The van der Waals surface area contributed by atoms with Gasteiger partial charge in [0.15, 0.2) is 0 Å². The van der Waals surface area contributed by atoms with Crippen LogP contribution in [0.25, 0.3) is 30.9 Å². The molecule has 0 amide bonds.